The van der Waals surface area contributed by atoms with Crippen molar-refractivity contribution in [3.63, 3.8) is 0 Å². The molecule has 0 bridgehead atoms. The average Bonchev–Trinajstić information content (AvgIpc) is 3.11. The van der Waals surface area contributed by atoms with Gasteiger partial charge in [0.25, 0.3) is 5.56 Å². The zero-order chi connectivity index (χ0) is 21.3. The lowest BCUT2D eigenvalue weighted by atomic mass is 9.99. The molecule has 2 aromatic rings. The van der Waals surface area contributed by atoms with E-state index < -0.39 is 12.1 Å². The van der Waals surface area contributed by atoms with E-state index in [9.17, 15) is 14.7 Å². The van der Waals surface area contributed by atoms with Crippen LogP contribution >= 0.6 is 0 Å². The number of fused-ring (bicyclic) bond motifs is 4. The van der Waals surface area contributed by atoms with Crippen molar-refractivity contribution in [2.75, 3.05) is 0 Å². The molecule has 29 heavy (non-hydrogen) atoms. The Morgan fingerprint density at radius 2 is 2.07 bits per heavy atom. The Morgan fingerprint density at radius 3 is 2.69 bits per heavy atom. The molecule has 0 radical (unpaired) electrons. The van der Waals surface area contributed by atoms with Crippen LogP contribution in [0.15, 0.2) is 23.5 Å². The summed E-state index contributed by atoms with van der Waals surface area (Å²) in [5, 5.41) is 19.5. The molecule has 0 aliphatic carbocycles. The van der Waals surface area contributed by atoms with E-state index in [4.69, 9.17) is 10.1 Å². The summed E-state index contributed by atoms with van der Waals surface area (Å²) in [7, 11) is 0. The average molecular weight is 393 g/mol. The number of allylic oxidation sites excluding steroid dienone is 1. The number of ether oxygens (including phenoxy) is 1. The highest BCUT2D eigenvalue weighted by atomic mass is 16.5. The van der Waals surface area contributed by atoms with Crippen LogP contribution in [0, 0.1) is 5.41 Å². The summed E-state index contributed by atoms with van der Waals surface area (Å²) in [6, 6.07) is 1.63. The van der Waals surface area contributed by atoms with E-state index in [2.05, 4.69) is 11.6 Å². The summed E-state index contributed by atoms with van der Waals surface area (Å²) < 4.78 is 6.44. The van der Waals surface area contributed by atoms with Crippen LogP contribution in [-0.2, 0) is 22.7 Å². The maximum Gasteiger partial charge on any atom is 0.340 e. The lowest BCUT2D eigenvalue weighted by Crippen LogP contribution is -2.33. The topological polar surface area (TPSA) is 105 Å². The number of rotatable bonds is 2. The third kappa shape index (κ3) is 3.03. The molecule has 2 aliphatic rings. The predicted molar refractivity (Wildman–Crippen MR) is 111 cm³/mol. The number of hydrogen-bond donors (Lipinski definition) is 2. The van der Waals surface area contributed by atoms with E-state index in [0.717, 1.165) is 10.8 Å². The van der Waals surface area contributed by atoms with Gasteiger partial charge in [0.15, 0.2) is 6.10 Å². The fourth-order valence-electron chi connectivity index (χ4n) is 3.68. The molecule has 150 valence electrons. The van der Waals surface area contributed by atoms with Crippen molar-refractivity contribution in [2.45, 2.75) is 40.0 Å². The van der Waals surface area contributed by atoms with Gasteiger partial charge >= 0.3 is 5.97 Å². The van der Waals surface area contributed by atoms with Crippen molar-refractivity contribution in [2.24, 2.45) is 0 Å². The van der Waals surface area contributed by atoms with Gasteiger partial charge < -0.3 is 19.8 Å². The molecular weight excluding hydrogens is 370 g/mol. The molecule has 1 unspecified atom stereocenters. The molecule has 0 aromatic carbocycles. The third-order valence-corrected chi connectivity index (χ3v) is 4.98. The molecule has 4 heterocycles. The van der Waals surface area contributed by atoms with Crippen LogP contribution in [0.4, 0.5) is 0 Å². The van der Waals surface area contributed by atoms with Crippen LogP contribution in [0.2, 0.25) is 0 Å². The van der Waals surface area contributed by atoms with Crippen molar-refractivity contribution < 1.29 is 14.6 Å². The summed E-state index contributed by atoms with van der Waals surface area (Å²) in [5.74, 6) is -0.767. The van der Waals surface area contributed by atoms with Gasteiger partial charge in [0.05, 0.1) is 28.8 Å². The van der Waals surface area contributed by atoms with Crippen LogP contribution in [0.5, 0.6) is 0 Å². The van der Waals surface area contributed by atoms with E-state index in [0.29, 0.717) is 22.3 Å². The number of aliphatic hydroxyl groups is 1. The Labute approximate surface area is 167 Å². The Kier molecular flexibility index (Phi) is 5.61. The van der Waals surface area contributed by atoms with E-state index in [-0.39, 0.29) is 29.8 Å². The molecule has 0 fully saturated rings. The van der Waals surface area contributed by atoms with Gasteiger partial charge in [-0.05, 0) is 13.0 Å². The lowest BCUT2D eigenvalue weighted by Gasteiger charge is -2.21. The number of carbonyl (C=O) groups is 1. The molecule has 0 saturated carbocycles. The van der Waals surface area contributed by atoms with Crippen LogP contribution in [0.25, 0.3) is 23.5 Å². The summed E-state index contributed by atoms with van der Waals surface area (Å²) >= 11 is 0. The Hall–Kier alpha value is -3.32. The van der Waals surface area contributed by atoms with Crippen molar-refractivity contribution in [3.05, 3.63) is 61.9 Å². The quantitative estimate of drug-likeness (QED) is 0.502. The smallest absolute Gasteiger partial charge is 0.340 e. The van der Waals surface area contributed by atoms with Gasteiger partial charge in [-0.25, -0.2) is 9.78 Å². The van der Waals surface area contributed by atoms with Gasteiger partial charge in [-0.3, -0.25) is 4.79 Å². The van der Waals surface area contributed by atoms with Gasteiger partial charge in [0, 0.05) is 28.1 Å². The summed E-state index contributed by atoms with van der Waals surface area (Å²) in [6.45, 7) is 9.67. The van der Waals surface area contributed by atoms with Gasteiger partial charge in [0.2, 0.25) is 0 Å². The molecule has 0 amide bonds. The SMILES string of the molecule is C=C/C=c1/c(C=N)c2c(n/c1=C/C)-c1cc3c(c(=O)n1C2)COC(=O)C3O.CC. The second-order valence-corrected chi connectivity index (χ2v) is 6.35. The first-order valence-electron chi connectivity index (χ1n) is 9.46. The first-order chi connectivity index (χ1) is 14.0. The molecular formula is C22H23N3O4. The highest BCUT2D eigenvalue weighted by Gasteiger charge is 2.34. The number of carbonyl (C=O) groups excluding carboxylic acids is 1. The maximum atomic E-state index is 12.9. The fourth-order valence-corrected chi connectivity index (χ4v) is 3.68. The van der Waals surface area contributed by atoms with Crippen LogP contribution in [0.1, 0.15) is 49.1 Å². The number of cyclic esters (lactones) is 1. The Balaban J connectivity index is 0.00000117. The van der Waals surface area contributed by atoms with Crippen LogP contribution < -0.4 is 16.1 Å². The van der Waals surface area contributed by atoms with Crippen molar-refractivity contribution in [1.29, 1.82) is 5.41 Å². The number of aliphatic hydroxyl groups excluding tert-OH is 1. The number of esters is 1. The second-order valence-electron chi connectivity index (χ2n) is 6.35. The predicted octanol–water partition coefficient (Wildman–Crippen LogP) is 1.15. The van der Waals surface area contributed by atoms with Gasteiger partial charge in [-0.2, -0.15) is 0 Å². The zero-order valence-corrected chi connectivity index (χ0v) is 16.7. The summed E-state index contributed by atoms with van der Waals surface area (Å²) in [4.78, 5) is 29.3. The van der Waals surface area contributed by atoms with Crippen molar-refractivity contribution >= 4 is 24.3 Å². The Morgan fingerprint density at radius 1 is 1.34 bits per heavy atom. The van der Waals surface area contributed by atoms with E-state index >= 15 is 0 Å². The molecule has 1 atom stereocenters. The largest absolute Gasteiger partial charge is 0.458 e. The third-order valence-electron chi connectivity index (χ3n) is 4.98. The number of pyridine rings is 2. The minimum atomic E-state index is -1.48. The number of aromatic nitrogens is 2. The molecule has 0 spiro atoms. The molecule has 0 saturated heterocycles. The molecule has 2 aromatic heterocycles. The second kappa shape index (κ2) is 7.97. The number of nitrogens with one attached hydrogen (secondary N) is 1. The van der Waals surface area contributed by atoms with Crippen molar-refractivity contribution in [1.82, 2.24) is 9.55 Å². The fraction of sp³-hybridized carbons (Fsp3) is 0.273. The minimum Gasteiger partial charge on any atom is -0.458 e. The normalized spacial score (nSPS) is 17.5. The molecule has 7 heteroatoms. The molecule has 2 aliphatic heterocycles. The standard InChI is InChI=1S/C20H17N3O4.C2H6/c1-3-5-10-12(7-21)13-8-23-16(17(13)22-15(10)4-2)6-11-14(19(23)25)9-27-20(26)18(11)24;1-2/h3-7,18,21,24H,1,8-9H2,2H3;1-2H3/b10-5-,15-4+,21-7?;. The lowest BCUT2D eigenvalue weighted by molar-refractivity contribution is -0.157. The van der Waals surface area contributed by atoms with Gasteiger partial charge in [-0.15, -0.1) is 0 Å². The number of hydrogen-bond acceptors (Lipinski definition) is 6. The zero-order valence-electron chi connectivity index (χ0n) is 16.7. The summed E-state index contributed by atoms with van der Waals surface area (Å²) in [5.41, 5.74) is 2.74. The monoisotopic (exact) mass is 393 g/mol. The van der Waals surface area contributed by atoms with Crippen LogP contribution in [-0.4, -0.2) is 26.8 Å². The first-order valence-corrected chi connectivity index (χ1v) is 9.46. The molecule has 2 N–H and O–H groups in total. The highest BCUT2D eigenvalue weighted by Crippen LogP contribution is 2.33. The number of nitrogens with zero attached hydrogens (tertiary/aromatic N) is 2. The minimum absolute atomic E-state index is 0.158. The first kappa shape index (κ1) is 20.4. The van der Waals surface area contributed by atoms with E-state index in [1.54, 1.807) is 22.8 Å². The molecule has 7 nitrogen and oxygen atoms in total. The van der Waals surface area contributed by atoms with Gasteiger partial charge in [0.1, 0.15) is 6.61 Å². The van der Waals surface area contributed by atoms with Crippen molar-refractivity contribution in [3.8, 4) is 11.4 Å². The van der Waals surface area contributed by atoms with E-state index in [1.807, 2.05) is 26.8 Å². The summed E-state index contributed by atoms with van der Waals surface area (Å²) in [6.07, 6.45) is 5.02. The van der Waals surface area contributed by atoms with Gasteiger partial charge in [-0.1, -0.05) is 38.7 Å². The Bertz CT molecular complexity index is 1210. The van der Waals surface area contributed by atoms with Crippen LogP contribution in [0.3, 0.4) is 0 Å². The molecule has 4 rings (SSSR count). The highest BCUT2D eigenvalue weighted by molar-refractivity contribution is 5.85. The van der Waals surface area contributed by atoms with E-state index in [1.165, 1.54) is 6.21 Å². The maximum absolute atomic E-state index is 12.9.